The van der Waals surface area contributed by atoms with Crippen LogP contribution in [0.15, 0.2) is 0 Å². The van der Waals surface area contributed by atoms with Crippen LogP contribution >= 0.6 is 11.6 Å². The van der Waals surface area contributed by atoms with Crippen molar-refractivity contribution in [1.82, 2.24) is 0 Å². The third-order valence-corrected chi connectivity index (χ3v) is 3.75. The van der Waals surface area contributed by atoms with Gasteiger partial charge in [0.1, 0.15) is 0 Å². The van der Waals surface area contributed by atoms with Gasteiger partial charge in [-0.05, 0) is 12.8 Å². The Morgan fingerprint density at radius 1 is 0.714 bits per heavy atom. The van der Waals surface area contributed by atoms with E-state index in [2.05, 4.69) is 13.8 Å². The topological polar surface area (TPSA) is 37.3 Å². The molecule has 0 rings (SSSR count). The minimum absolute atomic E-state index is 0.344. The Hall–Kier alpha value is -0.240. The summed E-state index contributed by atoms with van der Waals surface area (Å²) in [6, 6.07) is 0. The average Bonchev–Trinajstić information content (AvgIpc) is 2.47. The fraction of sp³-hybridized carbons (Fsp3) is 0.944. The number of hydrogen-bond donors (Lipinski definition) is 1. The van der Waals surface area contributed by atoms with Crippen LogP contribution in [0.25, 0.3) is 0 Å². The first-order valence-corrected chi connectivity index (χ1v) is 9.50. The Kier molecular flexibility index (Phi) is 24.2. The Labute approximate surface area is 137 Å². The minimum atomic E-state index is -0.658. The lowest BCUT2D eigenvalue weighted by Gasteiger charge is -2.01. The van der Waals surface area contributed by atoms with E-state index in [1.165, 1.54) is 70.6 Å². The Morgan fingerprint density at radius 2 is 1.10 bits per heavy atom. The van der Waals surface area contributed by atoms with E-state index in [0.717, 1.165) is 18.7 Å². The van der Waals surface area contributed by atoms with Crippen molar-refractivity contribution >= 4 is 17.6 Å². The third kappa shape index (κ3) is 28.6. The van der Waals surface area contributed by atoms with Gasteiger partial charge in [-0.1, -0.05) is 84.5 Å². The highest BCUT2D eigenvalue weighted by Crippen LogP contribution is 2.11. The molecule has 0 atom stereocenters. The summed E-state index contributed by atoms with van der Waals surface area (Å²) in [5.41, 5.74) is 0. The maximum atomic E-state index is 10.2. The van der Waals surface area contributed by atoms with Gasteiger partial charge >= 0.3 is 5.97 Å². The first kappa shape index (κ1) is 23.0. The number of alkyl halides is 1. The van der Waals surface area contributed by atoms with Gasteiger partial charge in [0.25, 0.3) is 0 Å². The summed E-state index contributed by atoms with van der Waals surface area (Å²) in [7, 11) is 0. The fourth-order valence-corrected chi connectivity index (χ4v) is 2.30. The molecule has 128 valence electrons. The molecule has 0 aromatic carbocycles. The van der Waals surface area contributed by atoms with Crippen molar-refractivity contribution in [3.8, 4) is 0 Å². The van der Waals surface area contributed by atoms with Gasteiger partial charge in [0.2, 0.25) is 0 Å². The summed E-state index contributed by atoms with van der Waals surface area (Å²) >= 11 is 5.38. The molecule has 0 aromatic rings. The Bertz CT molecular complexity index is 192. The number of carboxylic acids is 1. The van der Waals surface area contributed by atoms with Gasteiger partial charge in [0.15, 0.2) is 0 Å². The summed E-state index contributed by atoms with van der Waals surface area (Å²) < 4.78 is 0. The molecule has 0 aliphatic carbocycles. The molecule has 0 aliphatic rings. The minimum Gasteiger partial charge on any atom is -0.481 e. The monoisotopic (exact) mass is 320 g/mol. The molecule has 0 aromatic heterocycles. The zero-order chi connectivity index (χ0) is 16.2. The number of hydrogen-bond acceptors (Lipinski definition) is 1. The average molecular weight is 321 g/mol. The van der Waals surface area contributed by atoms with E-state index in [0.29, 0.717) is 6.42 Å². The maximum absolute atomic E-state index is 10.2. The number of carbonyl (C=O) groups is 1. The molecule has 2 nitrogen and oxygen atoms in total. The van der Waals surface area contributed by atoms with Crippen molar-refractivity contribution in [1.29, 1.82) is 0 Å². The largest absolute Gasteiger partial charge is 0.481 e. The van der Waals surface area contributed by atoms with Crippen molar-refractivity contribution in [2.75, 3.05) is 5.88 Å². The third-order valence-electron chi connectivity index (χ3n) is 3.48. The second-order valence-electron chi connectivity index (χ2n) is 5.72. The van der Waals surface area contributed by atoms with Gasteiger partial charge in [-0.3, -0.25) is 4.79 Å². The molecule has 0 saturated heterocycles. The lowest BCUT2D eigenvalue weighted by Crippen LogP contribution is -1.93. The summed E-state index contributed by atoms with van der Waals surface area (Å²) in [6.45, 7) is 4.41. The summed E-state index contributed by atoms with van der Waals surface area (Å²) in [6.07, 6.45) is 16.6. The molecule has 0 amide bonds. The standard InChI is InChI=1S/C13H26O2.C5H11Cl/c1-2-3-4-5-6-7-8-9-10-11-12-13(14)15;1-2-3-4-5-6/h2-12H2,1H3,(H,14,15);2-5H2,1H3. The highest BCUT2D eigenvalue weighted by molar-refractivity contribution is 6.17. The molecule has 0 spiro atoms. The van der Waals surface area contributed by atoms with E-state index in [1.807, 2.05) is 0 Å². The number of rotatable bonds is 14. The number of carboxylic acid groups (broad SMARTS) is 1. The molecule has 3 heteroatoms. The highest BCUT2D eigenvalue weighted by atomic mass is 35.5. The second kappa shape index (κ2) is 22.0. The summed E-state index contributed by atoms with van der Waals surface area (Å²) in [4.78, 5) is 10.2. The van der Waals surface area contributed by atoms with Crippen LogP contribution < -0.4 is 0 Å². The van der Waals surface area contributed by atoms with E-state index < -0.39 is 5.97 Å². The molecular formula is C18H37ClO2. The van der Waals surface area contributed by atoms with E-state index >= 15 is 0 Å². The van der Waals surface area contributed by atoms with Crippen LogP contribution in [-0.4, -0.2) is 17.0 Å². The smallest absolute Gasteiger partial charge is 0.303 e. The van der Waals surface area contributed by atoms with Crippen molar-refractivity contribution < 1.29 is 9.90 Å². The van der Waals surface area contributed by atoms with Crippen LogP contribution in [0.2, 0.25) is 0 Å². The molecule has 0 bridgehead atoms. The maximum Gasteiger partial charge on any atom is 0.303 e. The quantitative estimate of drug-likeness (QED) is 0.282. The van der Waals surface area contributed by atoms with Gasteiger partial charge in [-0.25, -0.2) is 0 Å². The molecule has 0 fully saturated rings. The number of aliphatic carboxylic acids is 1. The molecule has 0 radical (unpaired) electrons. The molecule has 0 heterocycles. The van der Waals surface area contributed by atoms with Gasteiger partial charge < -0.3 is 5.11 Å². The molecule has 0 saturated carbocycles. The molecule has 21 heavy (non-hydrogen) atoms. The summed E-state index contributed by atoms with van der Waals surface area (Å²) in [5, 5.41) is 8.44. The van der Waals surface area contributed by atoms with E-state index in [9.17, 15) is 4.79 Å². The first-order chi connectivity index (χ1) is 10.2. The van der Waals surface area contributed by atoms with Crippen molar-refractivity contribution in [2.24, 2.45) is 0 Å². The van der Waals surface area contributed by atoms with Crippen molar-refractivity contribution in [3.63, 3.8) is 0 Å². The fourth-order valence-electron chi connectivity index (χ4n) is 2.11. The van der Waals surface area contributed by atoms with E-state index in [1.54, 1.807) is 0 Å². The predicted octanol–water partition coefficient (Wildman–Crippen LogP) is 6.80. The first-order valence-electron chi connectivity index (χ1n) is 8.96. The number of unbranched alkanes of at least 4 members (excludes halogenated alkanes) is 11. The lowest BCUT2D eigenvalue weighted by atomic mass is 10.1. The van der Waals surface area contributed by atoms with E-state index in [-0.39, 0.29) is 0 Å². The van der Waals surface area contributed by atoms with Gasteiger partial charge in [-0.2, -0.15) is 0 Å². The van der Waals surface area contributed by atoms with Crippen LogP contribution in [0.3, 0.4) is 0 Å². The van der Waals surface area contributed by atoms with Crippen LogP contribution in [0.5, 0.6) is 0 Å². The van der Waals surface area contributed by atoms with Crippen LogP contribution in [0.1, 0.15) is 104 Å². The molecular weight excluding hydrogens is 284 g/mol. The van der Waals surface area contributed by atoms with Gasteiger partial charge in [-0.15, -0.1) is 11.6 Å². The SMILES string of the molecule is CCCCCCCCCCCCC(=O)O.CCCCCCl. The zero-order valence-corrected chi connectivity index (χ0v) is 15.1. The van der Waals surface area contributed by atoms with Crippen LogP contribution in [0, 0.1) is 0 Å². The highest BCUT2D eigenvalue weighted by Gasteiger charge is 1.96. The normalized spacial score (nSPS) is 10.0. The zero-order valence-electron chi connectivity index (χ0n) is 14.3. The van der Waals surface area contributed by atoms with Gasteiger partial charge in [0, 0.05) is 12.3 Å². The Balaban J connectivity index is 0. The molecule has 1 N–H and O–H groups in total. The predicted molar refractivity (Wildman–Crippen MR) is 94.3 cm³/mol. The molecule has 0 unspecified atom stereocenters. The van der Waals surface area contributed by atoms with Gasteiger partial charge in [0.05, 0.1) is 0 Å². The van der Waals surface area contributed by atoms with Crippen LogP contribution in [-0.2, 0) is 4.79 Å². The Morgan fingerprint density at radius 3 is 1.43 bits per heavy atom. The second-order valence-corrected chi connectivity index (χ2v) is 6.10. The lowest BCUT2D eigenvalue weighted by molar-refractivity contribution is -0.137. The number of halogens is 1. The van der Waals surface area contributed by atoms with E-state index in [4.69, 9.17) is 16.7 Å². The molecule has 0 aliphatic heterocycles. The van der Waals surface area contributed by atoms with Crippen LogP contribution in [0.4, 0.5) is 0 Å². The van der Waals surface area contributed by atoms with Crippen molar-refractivity contribution in [2.45, 2.75) is 104 Å². The summed E-state index contributed by atoms with van der Waals surface area (Å²) in [5.74, 6) is 0.169. The van der Waals surface area contributed by atoms with Crippen molar-refractivity contribution in [3.05, 3.63) is 0 Å².